The Morgan fingerprint density at radius 3 is 2.72 bits per heavy atom. The fourth-order valence-corrected chi connectivity index (χ4v) is 4.44. The molecule has 188 valence electrons. The van der Waals surface area contributed by atoms with Crippen LogP contribution >= 0.6 is 12.2 Å². The maximum Gasteiger partial charge on any atom is 0.413 e. The third kappa shape index (κ3) is 4.95. The van der Waals surface area contributed by atoms with E-state index < -0.39 is 6.09 Å². The highest BCUT2D eigenvalue weighted by molar-refractivity contribution is 7.80. The summed E-state index contributed by atoms with van der Waals surface area (Å²) < 4.78 is 32.5. The van der Waals surface area contributed by atoms with E-state index in [1.807, 2.05) is 38.1 Å². The van der Waals surface area contributed by atoms with Gasteiger partial charge in [-0.05, 0) is 84.7 Å². The van der Waals surface area contributed by atoms with Crippen molar-refractivity contribution < 1.29 is 23.4 Å². The molecular formula is C26H27FN4O4S. The second kappa shape index (κ2) is 10.9. The number of nitrogens with one attached hydrogen (secondary N) is 2. The van der Waals surface area contributed by atoms with Gasteiger partial charge in [-0.3, -0.25) is 5.32 Å². The minimum absolute atomic E-state index is 0.0678. The van der Waals surface area contributed by atoms with Gasteiger partial charge in [0.15, 0.2) is 11.9 Å². The highest BCUT2D eigenvalue weighted by atomic mass is 32.1. The smallest absolute Gasteiger partial charge is 0.413 e. The van der Waals surface area contributed by atoms with Crippen LogP contribution in [0.5, 0.6) is 5.75 Å². The largest absolute Gasteiger partial charge is 0.468 e. The van der Waals surface area contributed by atoms with Crippen LogP contribution < -0.4 is 15.4 Å². The lowest BCUT2D eigenvalue weighted by Gasteiger charge is -2.20. The Balaban J connectivity index is 1.95. The van der Waals surface area contributed by atoms with Gasteiger partial charge in [-0.15, -0.1) is 0 Å². The predicted molar refractivity (Wildman–Crippen MR) is 141 cm³/mol. The molecule has 2 N–H and O–H groups in total. The highest BCUT2D eigenvalue weighted by Crippen LogP contribution is 2.40. The van der Waals surface area contributed by atoms with Crippen LogP contribution in [0.15, 0.2) is 42.6 Å². The molecule has 0 saturated carbocycles. The van der Waals surface area contributed by atoms with Gasteiger partial charge in [-0.25, -0.2) is 13.7 Å². The van der Waals surface area contributed by atoms with Crippen molar-refractivity contribution in [1.29, 1.82) is 0 Å². The molecule has 36 heavy (non-hydrogen) atoms. The molecule has 4 aromatic rings. The molecule has 0 fully saturated rings. The van der Waals surface area contributed by atoms with Crippen LogP contribution in [0, 0.1) is 12.7 Å². The van der Waals surface area contributed by atoms with Gasteiger partial charge in [0.05, 0.1) is 24.0 Å². The number of hydrogen-bond donors (Lipinski definition) is 2. The number of nitrogens with zero attached hydrogens (tertiary/aromatic N) is 2. The monoisotopic (exact) mass is 510 g/mol. The number of aryl methyl sites for hydroxylation is 1. The highest BCUT2D eigenvalue weighted by Gasteiger charge is 2.20. The van der Waals surface area contributed by atoms with Crippen LogP contribution in [-0.2, 0) is 15.9 Å². The summed E-state index contributed by atoms with van der Waals surface area (Å²) in [5.74, 6) is 0.297. The van der Waals surface area contributed by atoms with Gasteiger partial charge in [-0.2, -0.15) is 5.10 Å². The molecule has 2 aromatic carbocycles. The molecule has 1 amide bonds. The number of benzene rings is 2. The van der Waals surface area contributed by atoms with Crippen molar-refractivity contribution in [2.24, 2.45) is 0 Å². The van der Waals surface area contributed by atoms with Crippen molar-refractivity contribution in [3.8, 4) is 17.0 Å². The Bertz CT molecular complexity index is 1450. The van der Waals surface area contributed by atoms with Crippen LogP contribution in [0.4, 0.5) is 14.9 Å². The number of thiocarbonyl (C=S) groups is 1. The molecule has 2 heterocycles. The lowest BCUT2D eigenvalue weighted by molar-refractivity contribution is 0.0512. The van der Waals surface area contributed by atoms with Crippen molar-refractivity contribution in [2.45, 2.75) is 27.2 Å². The molecule has 4 rings (SSSR count). The molecule has 0 atom stereocenters. The zero-order valence-electron chi connectivity index (χ0n) is 20.5. The molecule has 0 unspecified atom stereocenters. The molecule has 0 radical (unpaired) electrons. The normalized spacial score (nSPS) is 11.0. The fraction of sp³-hybridized carbons (Fsp3) is 0.269. The maximum absolute atomic E-state index is 15.0. The Morgan fingerprint density at radius 1 is 1.19 bits per heavy atom. The summed E-state index contributed by atoms with van der Waals surface area (Å²) in [6, 6.07) is 10.7. The number of halogens is 1. The average molecular weight is 511 g/mol. The SMILES string of the molecule is CCOC(=O)NC(=S)Nc1cc2ccnn2c(-c2cc(OCOC)cc3ccc(F)c(CC)c23)c1C. The summed E-state index contributed by atoms with van der Waals surface area (Å²) in [6.07, 6.45) is 1.54. The van der Waals surface area contributed by atoms with Crippen molar-refractivity contribution in [2.75, 3.05) is 25.8 Å². The first-order chi connectivity index (χ1) is 17.4. The van der Waals surface area contributed by atoms with E-state index >= 15 is 0 Å². The minimum atomic E-state index is -0.643. The standard InChI is InChI=1S/C26H27FN4O4S/c1-5-19-21(27)8-7-16-11-18(35-14-33-4)13-20(23(16)19)24-15(3)22(12-17-9-10-28-31(17)24)29-25(36)30-26(32)34-6-2/h7-13H,5-6,14H2,1-4H3,(H2,29,30,32,36). The van der Waals surface area contributed by atoms with Gasteiger partial charge in [0.1, 0.15) is 11.6 Å². The van der Waals surface area contributed by atoms with Crippen molar-refractivity contribution in [1.82, 2.24) is 14.9 Å². The van der Waals surface area contributed by atoms with Gasteiger partial charge >= 0.3 is 6.09 Å². The lowest BCUT2D eigenvalue weighted by Crippen LogP contribution is -2.34. The molecule has 0 saturated heterocycles. The zero-order valence-corrected chi connectivity index (χ0v) is 21.3. The Kier molecular flexibility index (Phi) is 7.66. The number of alkyl carbamates (subject to hydrolysis) is 1. The zero-order chi connectivity index (χ0) is 25.8. The van der Waals surface area contributed by atoms with E-state index in [-0.39, 0.29) is 24.3 Å². The first-order valence-corrected chi connectivity index (χ1v) is 11.9. The molecular weight excluding hydrogens is 483 g/mol. The van der Waals surface area contributed by atoms with E-state index in [2.05, 4.69) is 15.7 Å². The van der Waals surface area contributed by atoms with Crippen LogP contribution in [0.25, 0.3) is 27.5 Å². The van der Waals surface area contributed by atoms with E-state index in [9.17, 15) is 9.18 Å². The Hall–Kier alpha value is -3.76. The molecule has 0 bridgehead atoms. The number of pyridine rings is 1. The quantitative estimate of drug-likeness (QED) is 0.248. The average Bonchev–Trinajstić information content (AvgIpc) is 3.31. The minimum Gasteiger partial charge on any atom is -0.468 e. The van der Waals surface area contributed by atoms with E-state index in [4.69, 9.17) is 26.4 Å². The number of aromatic nitrogens is 2. The van der Waals surface area contributed by atoms with Gasteiger partial charge in [0, 0.05) is 18.4 Å². The number of carbonyl (C=O) groups is 1. The number of hydrogen-bond acceptors (Lipinski definition) is 6. The first kappa shape index (κ1) is 25.3. The molecule has 0 aliphatic rings. The third-order valence-electron chi connectivity index (χ3n) is 5.77. The van der Waals surface area contributed by atoms with E-state index in [1.54, 1.807) is 30.8 Å². The van der Waals surface area contributed by atoms with Gasteiger partial charge < -0.3 is 19.5 Å². The number of fused-ring (bicyclic) bond motifs is 2. The van der Waals surface area contributed by atoms with Gasteiger partial charge in [-0.1, -0.05) is 13.0 Å². The van der Waals surface area contributed by atoms with Crippen molar-refractivity contribution in [3.05, 3.63) is 59.5 Å². The molecule has 0 aliphatic carbocycles. The Labute approximate surface area is 213 Å². The summed E-state index contributed by atoms with van der Waals surface area (Å²) in [7, 11) is 1.55. The maximum atomic E-state index is 15.0. The summed E-state index contributed by atoms with van der Waals surface area (Å²) in [5.41, 5.74) is 4.30. The van der Waals surface area contributed by atoms with Gasteiger partial charge in [0.25, 0.3) is 0 Å². The second-order valence-corrected chi connectivity index (χ2v) is 8.41. The summed E-state index contributed by atoms with van der Waals surface area (Å²) >= 11 is 5.32. The van der Waals surface area contributed by atoms with E-state index in [0.717, 1.165) is 33.1 Å². The molecule has 0 spiro atoms. The van der Waals surface area contributed by atoms with Crippen LogP contribution in [0.3, 0.4) is 0 Å². The first-order valence-electron chi connectivity index (χ1n) is 11.5. The molecule has 2 aromatic heterocycles. The van der Waals surface area contributed by atoms with Crippen molar-refractivity contribution in [3.63, 3.8) is 0 Å². The number of amides is 1. The lowest BCUT2D eigenvalue weighted by atomic mass is 9.93. The summed E-state index contributed by atoms with van der Waals surface area (Å²) in [5, 5.41) is 11.8. The second-order valence-electron chi connectivity index (χ2n) is 8.00. The topological polar surface area (TPSA) is 86.1 Å². The van der Waals surface area contributed by atoms with Gasteiger partial charge in [0.2, 0.25) is 0 Å². The van der Waals surface area contributed by atoms with Crippen LogP contribution in [0.1, 0.15) is 25.0 Å². The predicted octanol–water partition coefficient (Wildman–Crippen LogP) is 5.59. The molecule has 8 nitrogen and oxygen atoms in total. The number of anilines is 1. The number of methoxy groups -OCH3 is 1. The third-order valence-corrected chi connectivity index (χ3v) is 5.97. The number of rotatable bonds is 7. The van der Waals surface area contributed by atoms with Crippen molar-refractivity contribution >= 4 is 45.4 Å². The fourth-order valence-electron chi connectivity index (χ4n) is 4.24. The summed E-state index contributed by atoms with van der Waals surface area (Å²) in [6.45, 7) is 5.83. The summed E-state index contributed by atoms with van der Waals surface area (Å²) in [4.78, 5) is 11.8. The number of carbonyl (C=O) groups excluding carboxylic acids is 1. The molecule has 0 aliphatic heterocycles. The van der Waals surface area contributed by atoms with Crippen LogP contribution in [0.2, 0.25) is 0 Å². The van der Waals surface area contributed by atoms with E-state index in [0.29, 0.717) is 23.4 Å². The molecule has 10 heteroatoms. The van der Waals surface area contributed by atoms with E-state index in [1.165, 1.54) is 6.07 Å². The Morgan fingerprint density at radius 2 is 2.00 bits per heavy atom. The number of ether oxygens (including phenoxy) is 3. The van der Waals surface area contributed by atoms with Crippen LogP contribution in [-0.4, -0.2) is 41.3 Å².